The molecular formula is C11H17ClN2O. The molecule has 0 atom stereocenters. The van der Waals surface area contributed by atoms with Crippen LogP contribution < -0.4 is 5.32 Å². The van der Waals surface area contributed by atoms with Crippen molar-refractivity contribution in [3.63, 3.8) is 0 Å². The van der Waals surface area contributed by atoms with E-state index in [-0.39, 0.29) is 18.3 Å². The van der Waals surface area contributed by atoms with Crippen LogP contribution in [0.25, 0.3) is 0 Å². The van der Waals surface area contributed by atoms with Gasteiger partial charge in [0, 0.05) is 5.69 Å². The first kappa shape index (κ1) is 13.9. The van der Waals surface area contributed by atoms with Crippen molar-refractivity contribution >= 4 is 24.0 Å². The SMILES string of the molecule is Cc1ccccc1NC(=O)CN(C)C.Cl. The molecule has 0 aliphatic heterocycles. The summed E-state index contributed by atoms with van der Waals surface area (Å²) in [5.41, 5.74) is 1.97. The third-order valence-electron chi connectivity index (χ3n) is 1.88. The van der Waals surface area contributed by atoms with Gasteiger partial charge in [0.05, 0.1) is 6.54 Å². The maximum atomic E-state index is 11.4. The molecule has 0 bridgehead atoms. The lowest BCUT2D eigenvalue weighted by molar-refractivity contribution is -0.116. The van der Waals surface area contributed by atoms with Gasteiger partial charge < -0.3 is 10.2 Å². The zero-order chi connectivity index (χ0) is 10.6. The van der Waals surface area contributed by atoms with Crippen molar-refractivity contribution in [1.82, 2.24) is 4.90 Å². The molecule has 0 fully saturated rings. The number of rotatable bonds is 3. The average Bonchev–Trinajstić information content (AvgIpc) is 2.07. The second kappa shape index (κ2) is 6.43. The van der Waals surface area contributed by atoms with Gasteiger partial charge in [-0.1, -0.05) is 18.2 Å². The summed E-state index contributed by atoms with van der Waals surface area (Å²) in [6.07, 6.45) is 0. The third-order valence-corrected chi connectivity index (χ3v) is 1.88. The lowest BCUT2D eigenvalue weighted by atomic mass is 10.2. The highest BCUT2D eigenvalue weighted by atomic mass is 35.5. The largest absolute Gasteiger partial charge is 0.325 e. The van der Waals surface area contributed by atoms with Gasteiger partial charge in [0.25, 0.3) is 0 Å². The number of aryl methyl sites for hydroxylation is 1. The van der Waals surface area contributed by atoms with Crippen LogP contribution in [0.5, 0.6) is 0 Å². The molecule has 0 spiro atoms. The maximum absolute atomic E-state index is 11.4. The predicted molar refractivity (Wildman–Crippen MR) is 65.6 cm³/mol. The Bertz CT molecular complexity index is 326. The molecule has 0 aromatic heterocycles. The molecule has 84 valence electrons. The van der Waals surface area contributed by atoms with Crippen LogP contribution in [0.15, 0.2) is 24.3 Å². The molecule has 4 heteroatoms. The molecule has 15 heavy (non-hydrogen) atoms. The number of hydrogen-bond donors (Lipinski definition) is 1. The quantitative estimate of drug-likeness (QED) is 0.858. The van der Waals surface area contributed by atoms with E-state index in [4.69, 9.17) is 0 Å². The fourth-order valence-corrected chi connectivity index (χ4v) is 1.19. The Morgan fingerprint density at radius 2 is 1.93 bits per heavy atom. The fourth-order valence-electron chi connectivity index (χ4n) is 1.19. The van der Waals surface area contributed by atoms with Crippen LogP contribution in [0, 0.1) is 6.92 Å². The molecule has 0 unspecified atom stereocenters. The minimum absolute atomic E-state index is 0. The number of halogens is 1. The number of anilines is 1. The van der Waals surface area contributed by atoms with E-state index in [2.05, 4.69) is 5.32 Å². The Morgan fingerprint density at radius 3 is 2.47 bits per heavy atom. The van der Waals surface area contributed by atoms with Gasteiger partial charge in [0.1, 0.15) is 0 Å². The van der Waals surface area contributed by atoms with Crippen LogP contribution in [0.4, 0.5) is 5.69 Å². The summed E-state index contributed by atoms with van der Waals surface area (Å²) in [6, 6.07) is 7.75. The lowest BCUT2D eigenvalue weighted by Crippen LogP contribution is -2.27. The van der Waals surface area contributed by atoms with Gasteiger partial charge in [-0.3, -0.25) is 4.79 Å². The van der Waals surface area contributed by atoms with Crippen molar-refractivity contribution in [3.8, 4) is 0 Å². The summed E-state index contributed by atoms with van der Waals surface area (Å²) in [7, 11) is 3.74. The Hall–Kier alpha value is -1.06. The molecule has 1 amide bonds. The van der Waals surface area contributed by atoms with E-state index in [0.29, 0.717) is 6.54 Å². The number of para-hydroxylation sites is 1. The van der Waals surface area contributed by atoms with Gasteiger partial charge in [-0.2, -0.15) is 0 Å². The normalized spacial score (nSPS) is 9.60. The zero-order valence-electron chi connectivity index (χ0n) is 9.28. The molecule has 1 aromatic carbocycles. The number of nitrogens with one attached hydrogen (secondary N) is 1. The fraction of sp³-hybridized carbons (Fsp3) is 0.364. The lowest BCUT2D eigenvalue weighted by Gasteiger charge is -2.11. The van der Waals surface area contributed by atoms with Crippen LogP contribution in [-0.4, -0.2) is 31.4 Å². The molecule has 0 saturated carbocycles. The Morgan fingerprint density at radius 1 is 1.33 bits per heavy atom. The maximum Gasteiger partial charge on any atom is 0.238 e. The minimum atomic E-state index is 0. The second-order valence-corrected chi connectivity index (χ2v) is 3.60. The van der Waals surface area contributed by atoms with Crippen molar-refractivity contribution in [2.24, 2.45) is 0 Å². The summed E-state index contributed by atoms with van der Waals surface area (Å²) in [6.45, 7) is 2.39. The van der Waals surface area contributed by atoms with Crippen molar-refractivity contribution < 1.29 is 4.79 Å². The summed E-state index contributed by atoms with van der Waals surface area (Å²) in [4.78, 5) is 13.3. The van der Waals surface area contributed by atoms with Gasteiger partial charge in [-0.25, -0.2) is 0 Å². The molecule has 0 aliphatic carbocycles. The molecule has 1 N–H and O–H groups in total. The second-order valence-electron chi connectivity index (χ2n) is 3.60. The van der Waals surface area contributed by atoms with Crippen LogP contribution in [0.2, 0.25) is 0 Å². The van der Waals surface area contributed by atoms with Crippen LogP contribution in [0.3, 0.4) is 0 Å². The first-order chi connectivity index (χ1) is 6.59. The highest BCUT2D eigenvalue weighted by Crippen LogP contribution is 2.12. The van der Waals surface area contributed by atoms with Gasteiger partial charge >= 0.3 is 0 Å². The molecule has 0 saturated heterocycles. The summed E-state index contributed by atoms with van der Waals surface area (Å²) < 4.78 is 0. The number of carbonyl (C=O) groups is 1. The molecule has 3 nitrogen and oxygen atoms in total. The standard InChI is InChI=1S/C11H16N2O.ClH/c1-9-6-4-5-7-10(9)12-11(14)8-13(2)3;/h4-7H,8H2,1-3H3,(H,12,14);1H. The predicted octanol–water partition coefficient (Wildman–Crippen LogP) is 1.92. The summed E-state index contributed by atoms with van der Waals surface area (Å²) in [5, 5.41) is 2.86. The Balaban J connectivity index is 0.00000196. The minimum Gasteiger partial charge on any atom is -0.325 e. The number of hydrogen-bond acceptors (Lipinski definition) is 2. The van der Waals surface area contributed by atoms with E-state index in [1.54, 1.807) is 0 Å². The Labute approximate surface area is 96.9 Å². The topological polar surface area (TPSA) is 32.3 Å². The smallest absolute Gasteiger partial charge is 0.238 e. The Kier molecular flexibility index (Phi) is 5.97. The first-order valence-electron chi connectivity index (χ1n) is 4.60. The van der Waals surface area contributed by atoms with Crippen molar-refractivity contribution in [2.75, 3.05) is 26.0 Å². The van der Waals surface area contributed by atoms with Gasteiger partial charge in [0.2, 0.25) is 5.91 Å². The molecule has 0 radical (unpaired) electrons. The van der Waals surface area contributed by atoms with Gasteiger partial charge in [-0.15, -0.1) is 12.4 Å². The summed E-state index contributed by atoms with van der Waals surface area (Å²) >= 11 is 0. The van der Waals surface area contributed by atoms with Crippen LogP contribution in [-0.2, 0) is 4.79 Å². The van der Waals surface area contributed by atoms with Gasteiger partial charge in [-0.05, 0) is 32.6 Å². The van der Waals surface area contributed by atoms with Gasteiger partial charge in [0.15, 0.2) is 0 Å². The monoisotopic (exact) mass is 228 g/mol. The van der Waals surface area contributed by atoms with Crippen LogP contribution >= 0.6 is 12.4 Å². The average molecular weight is 229 g/mol. The van der Waals surface area contributed by atoms with Crippen molar-refractivity contribution in [1.29, 1.82) is 0 Å². The van der Waals surface area contributed by atoms with E-state index >= 15 is 0 Å². The van der Waals surface area contributed by atoms with E-state index in [0.717, 1.165) is 11.3 Å². The molecule has 0 heterocycles. The molecule has 0 aliphatic rings. The third kappa shape index (κ3) is 4.81. The number of nitrogens with zero attached hydrogens (tertiary/aromatic N) is 1. The van der Waals surface area contributed by atoms with E-state index in [9.17, 15) is 4.79 Å². The van der Waals surface area contributed by atoms with E-state index in [1.165, 1.54) is 0 Å². The number of likely N-dealkylation sites (N-methyl/N-ethyl adjacent to an activating group) is 1. The highest BCUT2D eigenvalue weighted by molar-refractivity contribution is 5.92. The molecule has 1 rings (SSSR count). The van der Waals surface area contributed by atoms with Crippen molar-refractivity contribution in [3.05, 3.63) is 29.8 Å². The number of carbonyl (C=O) groups excluding carboxylic acids is 1. The summed E-state index contributed by atoms with van der Waals surface area (Å²) in [5.74, 6) is 0.0179. The van der Waals surface area contributed by atoms with E-state index in [1.807, 2.05) is 50.2 Å². The van der Waals surface area contributed by atoms with E-state index < -0.39 is 0 Å². The first-order valence-corrected chi connectivity index (χ1v) is 4.60. The highest BCUT2D eigenvalue weighted by Gasteiger charge is 2.04. The zero-order valence-corrected chi connectivity index (χ0v) is 10.1. The number of benzene rings is 1. The van der Waals surface area contributed by atoms with Crippen molar-refractivity contribution in [2.45, 2.75) is 6.92 Å². The number of amides is 1. The van der Waals surface area contributed by atoms with Crippen LogP contribution in [0.1, 0.15) is 5.56 Å². The molecule has 1 aromatic rings. The molecular weight excluding hydrogens is 212 g/mol.